The van der Waals surface area contributed by atoms with Crippen LogP contribution in [0.5, 0.6) is 0 Å². The molecule has 88 valence electrons. The van der Waals surface area contributed by atoms with E-state index in [-0.39, 0.29) is 11.6 Å². The molecule has 0 aliphatic heterocycles. The highest BCUT2D eigenvalue weighted by Gasteiger charge is 2.28. The summed E-state index contributed by atoms with van der Waals surface area (Å²) in [4.78, 5) is 0. The fraction of sp³-hybridized carbons (Fsp3) is 0.833. The molecular formula is C12H24N2O. The molecule has 0 spiro atoms. The van der Waals surface area contributed by atoms with Crippen molar-refractivity contribution in [2.75, 3.05) is 20.3 Å². The Morgan fingerprint density at radius 2 is 2.20 bits per heavy atom. The molecule has 0 heterocycles. The quantitative estimate of drug-likeness (QED) is 0.593. The first-order valence-electron chi connectivity index (χ1n) is 5.60. The number of hydrogen-bond acceptors (Lipinski definition) is 3. The Bertz CT molecular complexity index is 194. The first-order valence-corrected chi connectivity index (χ1v) is 5.60. The second-order valence-corrected chi connectivity index (χ2v) is 3.92. The van der Waals surface area contributed by atoms with Crippen LogP contribution in [0.4, 0.5) is 0 Å². The number of nitrogens with two attached hydrogens (primary N) is 1. The normalized spacial score (nSPS) is 16.7. The smallest absolute Gasteiger partial charge is 0.0692 e. The number of terminal acetylenes is 1. The summed E-state index contributed by atoms with van der Waals surface area (Å²) >= 11 is 0. The Balaban J connectivity index is 4.43. The minimum absolute atomic E-state index is 0.0913. The van der Waals surface area contributed by atoms with Gasteiger partial charge in [-0.05, 0) is 12.8 Å². The third-order valence-corrected chi connectivity index (χ3v) is 2.75. The average molecular weight is 212 g/mol. The third-order valence-electron chi connectivity index (χ3n) is 2.75. The van der Waals surface area contributed by atoms with E-state index in [1.165, 1.54) is 0 Å². The topological polar surface area (TPSA) is 47.3 Å². The molecule has 0 aromatic heterocycles. The van der Waals surface area contributed by atoms with Crippen molar-refractivity contribution in [1.82, 2.24) is 5.32 Å². The molecule has 0 saturated carbocycles. The average Bonchev–Trinajstić information content (AvgIpc) is 2.27. The lowest BCUT2D eigenvalue weighted by atomic mass is 9.95. The van der Waals surface area contributed by atoms with Crippen molar-refractivity contribution >= 4 is 0 Å². The van der Waals surface area contributed by atoms with Crippen LogP contribution in [-0.4, -0.2) is 31.8 Å². The van der Waals surface area contributed by atoms with Crippen LogP contribution >= 0.6 is 0 Å². The zero-order chi connectivity index (χ0) is 11.7. The minimum atomic E-state index is -0.180. The van der Waals surface area contributed by atoms with Crippen molar-refractivity contribution in [2.45, 2.75) is 44.7 Å². The fourth-order valence-electron chi connectivity index (χ4n) is 1.64. The molecule has 2 atom stereocenters. The zero-order valence-electron chi connectivity index (χ0n) is 10.2. The fourth-order valence-corrected chi connectivity index (χ4v) is 1.64. The predicted octanol–water partition coefficient (Wildman–Crippen LogP) is 1.13. The standard InChI is InChI=1S/C12H24N2O/c1-5-8-11(6-2)14-12(7-3,9-13)10-15-4/h2,11,14H,5,7-10,13H2,1,3-4H3. The van der Waals surface area contributed by atoms with Gasteiger partial charge >= 0.3 is 0 Å². The Kier molecular flexibility index (Phi) is 7.41. The minimum Gasteiger partial charge on any atom is -0.383 e. The third kappa shape index (κ3) is 4.65. The van der Waals surface area contributed by atoms with Gasteiger partial charge in [-0.1, -0.05) is 26.2 Å². The summed E-state index contributed by atoms with van der Waals surface area (Å²) in [5, 5.41) is 3.43. The summed E-state index contributed by atoms with van der Waals surface area (Å²) in [5.74, 6) is 2.76. The molecule has 0 aliphatic rings. The summed E-state index contributed by atoms with van der Waals surface area (Å²) in [6, 6.07) is 0.0913. The highest BCUT2D eigenvalue weighted by atomic mass is 16.5. The van der Waals surface area contributed by atoms with Gasteiger partial charge in [-0.3, -0.25) is 5.32 Å². The second kappa shape index (κ2) is 7.70. The summed E-state index contributed by atoms with van der Waals surface area (Å²) in [5.41, 5.74) is 5.61. The van der Waals surface area contributed by atoms with Gasteiger partial charge in [0.1, 0.15) is 0 Å². The molecule has 0 radical (unpaired) electrons. The molecule has 0 aromatic carbocycles. The van der Waals surface area contributed by atoms with Crippen molar-refractivity contribution in [3.8, 4) is 12.3 Å². The van der Waals surface area contributed by atoms with E-state index in [1.807, 2.05) is 0 Å². The summed E-state index contributed by atoms with van der Waals surface area (Å²) < 4.78 is 5.20. The number of hydrogen-bond donors (Lipinski definition) is 2. The van der Waals surface area contributed by atoms with E-state index in [0.717, 1.165) is 19.3 Å². The summed E-state index contributed by atoms with van der Waals surface area (Å²) in [6.07, 6.45) is 8.44. The van der Waals surface area contributed by atoms with Crippen molar-refractivity contribution < 1.29 is 4.74 Å². The molecule has 3 N–H and O–H groups in total. The Morgan fingerprint density at radius 3 is 2.53 bits per heavy atom. The first-order chi connectivity index (χ1) is 7.17. The molecule has 3 nitrogen and oxygen atoms in total. The maximum Gasteiger partial charge on any atom is 0.0692 e. The Morgan fingerprint density at radius 1 is 1.53 bits per heavy atom. The van der Waals surface area contributed by atoms with E-state index in [1.54, 1.807) is 7.11 Å². The number of rotatable bonds is 8. The van der Waals surface area contributed by atoms with Crippen LogP contribution in [0.1, 0.15) is 33.1 Å². The van der Waals surface area contributed by atoms with Crippen molar-refractivity contribution in [3.63, 3.8) is 0 Å². The highest BCUT2D eigenvalue weighted by molar-refractivity contribution is 5.03. The van der Waals surface area contributed by atoms with E-state index >= 15 is 0 Å². The van der Waals surface area contributed by atoms with Crippen molar-refractivity contribution in [2.24, 2.45) is 5.73 Å². The number of nitrogens with one attached hydrogen (secondary N) is 1. The zero-order valence-corrected chi connectivity index (χ0v) is 10.2. The molecule has 0 fully saturated rings. The molecule has 3 heteroatoms. The van der Waals surface area contributed by atoms with Gasteiger partial charge in [0.2, 0.25) is 0 Å². The molecule has 0 bridgehead atoms. The first kappa shape index (κ1) is 14.4. The van der Waals surface area contributed by atoms with Gasteiger partial charge < -0.3 is 10.5 Å². The molecule has 0 rings (SSSR count). The van der Waals surface area contributed by atoms with Crippen LogP contribution in [0.3, 0.4) is 0 Å². The maximum atomic E-state index is 5.79. The lowest BCUT2D eigenvalue weighted by molar-refractivity contribution is 0.105. The van der Waals surface area contributed by atoms with Crippen LogP contribution < -0.4 is 11.1 Å². The number of ether oxygens (including phenoxy) is 1. The van der Waals surface area contributed by atoms with E-state index in [2.05, 4.69) is 25.1 Å². The second-order valence-electron chi connectivity index (χ2n) is 3.92. The predicted molar refractivity (Wildman–Crippen MR) is 64.6 cm³/mol. The van der Waals surface area contributed by atoms with Gasteiger partial charge in [0.25, 0.3) is 0 Å². The largest absolute Gasteiger partial charge is 0.383 e. The van der Waals surface area contributed by atoms with Gasteiger partial charge in [-0.15, -0.1) is 6.42 Å². The monoisotopic (exact) mass is 212 g/mol. The molecular weight excluding hydrogens is 188 g/mol. The molecule has 0 aliphatic carbocycles. The van der Waals surface area contributed by atoms with Gasteiger partial charge in [0.15, 0.2) is 0 Å². The van der Waals surface area contributed by atoms with Gasteiger partial charge in [-0.2, -0.15) is 0 Å². The Labute approximate surface area is 93.8 Å². The van der Waals surface area contributed by atoms with Crippen LogP contribution in [0.25, 0.3) is 0 Å². The molecule has 0 aromatic rings. The van der Waals surface area contributed by atoms with E-state index in [0.29, 0.717) is 13.2 Å². The lowest BCUT2D eigenvalue weighted by Gasteiger charge is -2.34. The highest BCUT2D eigenvalue weighted by Crippen LogP contribution is 2.12. The van der Waals surface area contributed by atoms with E-state index in [4.69, 9.17) is 16.9 Å². The molecule has 15 heavy (non-hydrogen) atoms. The summed E-state index contributed by atoms with van der Waals surface area (Å²) in [6.45, 7) is 5.36. The van der Waals surface area contributed by atoms with Crippen LogP contribution in [0.15, 0.2) is 0 Å². The van der Waals surface area contributed by atoms with Crippen molar-refractivity contribution in [3.05, 3.63) is 0 Å². The van der Waals surface area contributed by atoms with Gasteiger partial charge in [0.05, 0.1) is 18.2 Å². The van der Waals surface area contributed by atoms with Crippen LogP contribution in [0.2, 0.25) is 0 Å². The van der Waals surface area contributed by atoms with E-state index in [9.17, 15) is 0 Å². The number of methoxy groups -OCH3 is 1. The molecule has 0 amide bonds. The van der Waals surface area contributed by atoms with E-state index < -0.39 is 0 Å². The Hall–Kier alpha value is -0.560. The van der Waals surface area contributed by atoms with Gasteiger partial charge in [-0.25, -0.2) is 0 Å². The van der Waals surface area contributed by atoms with Crippen LogP contribution in [0, 0.1) is 12.3 Å². The van der Waals surface area contributed by atoms with Crippen molar-refractivity contribution in [1.29, 1.82) is 0 Å². The van der Waals surface area contributed by atoms with Gasteiger partial charge in [0, 0.05) is 13.7 Å². The SMILES string of the molecule is C#CC(CCC)NC(CC)(CN)COC. The lowest BCUT2D eigenvalue weighted by Crippen LogP contribution is -2.57. The maximum absolute atomic E-state index is 5.79. The molecule has 2 unspecified atom stereocenters. The summed E-state index contributed by atoms with van der Waals surface area (Å²) in [7, 11) is 1.69. The van der Waals surface area contributed by atoms with Crippen LogP contribution in [-0.2, 0) is 4.74 Å². The molecule has 0 saturated heterocycles.